The lowest BCUT2D eigenvalue weighted by molar-refractivity contribution is -0.121. The number of carbonyl (C=O) groups is 1. The van der Waals surface area contributed by atoms with Gasteiger partial charge in [0.25, 0.3) is 0 Å². The van der Waals surface area contributed by atoms with Gasteiger partial charge in [0.05, 0.1) is 6.54 Å². The summed E-state index contributed by atoms with van der Waals surface area (Å²) < 4.78 is 0. The Morgan fingerprint density at radius 1 is 1.25 bits per heavy atom. The summed E-state index contributed by atoms with van der Waals surface area (Å²) >= 11 is 0. The van der Waals surface area contributed by atoms with Crippen molar-refractivity contribution in [1.82, 2.24) is 10.6 Å². The molecule has 20 heavy (non-hydrogen) atoms. The van der Waals surface area contributed by atoms with Gasteiger partial charge in [0, 0.05) is 18.2 Å². The molecule has 1 unspecified atom stereocenters. The molecule has 1 amide bonds. The zero-order chi connectivity index (χ0) is 15.0. The molecule has 4 heteroatoms. The summed E-state index contributed by atoms with van der Waals surface area (Å²) in [7, 11) is 0. The molecule has 1 aromatic carbocycles. The fraction of sp³-hybridized carbons (Fsp3) is 0.562. The van der Waals surface area contributed by atoms with Crippen LogP contribution < -0.4 is 10.6 Å². The first-order valence-electron chi connectivity index (χ1n) is 7.12. The Labute approximate surface area is 121 Å². The second-order valence-electron chi connectivity index (χ2n) is 6.01. The van der Waals surface area contributed by atoms with Crippen molar-refractivity contribution in [2.45, 2.75) is 45.2 Å². The highest BCUT2D eigenvalue weighted by atomic mass is 16.2. The first-order chi connectivity index (χ1) is 9.42. The van der Waals surface area contributed by atoms with Crippen LogP contribution in [0.5, 0.6) is 0 Å². The van der Waals surface area contributed by atoms with Crippen LogP contribution in [-0.4, -0.2) is 29.7 Å². The molecule has 0 heterocycles. The molecule has 4 nitrogen and oxygen atoms in total. The van der Waals surface area contributed by atoms with Gasteiger partial charge in [-0.2, -0.15) is 0 Å². The summed E-state index contributed by atoms with van der Waals surface area (Å²) in [6.07, 6.45) is 1.52. The zero-order valence-electron chi connectivity index (χ0n) is 12.6. The van der Waals surface area contributed by atoms with Crippen molar-refractivity contribution in [1.29, 1.82) is 0 Å². The third-order valence-electron chi connectivity index (χ3n) is 2.88. The lowest BCUT2D eigenvalue weighted by atomic mass is 10.0. The summed E-state index contributed by atoms with van der Waals surface area (Å²) in [6, 6.07) is 10.1. The topological polar surface area (TPSA) is 61.4 Å². The Hall–Kier alpha value is -1.39. The van der Waals surface area contributed by atoms with E-state index in [1.54, 1.807) is 0 Å². The second-order valence-corrected chi connectivity index (χ2v) is 6.01. The molecule has 0 saturated carbocycles. The van der Waals surface area contributed by atoms with Crippen LogP contribution in [0.15, 0.2) is 30.3 Å². The molecule has 0 spiro atoms. The molecule has 0 saturated heterocycles. The van der Waals surface area contributed by atoms with Crippen molar-refractivity contribution >= 4 is 5.91 Å². The molecule has 112 valence electrons. The standard InChI is InChI=1S/C16H26N2O2/c1-16(2,3)18-15(20)12-17-14(10-7-11-19)13-8-5-4-6-9-13/h4-6,8-9,14,17,19H,7,10-12H2,1-3H3,(H,18,20). The van der Waals surface area contributed by atoms with Crippen molar-refractivity contribution < 1.29 is 9.90 Å². The first kappa shape index (κ1) is 16.7. The second kappa shape index (κ2) is 8.02. The van der Waals surface area contributed by atoms with E-state index in [0.717, 1.165) is 12.0 Å². The number of nitrogens with one attached hydrogen (secondary N) is 2. The minimum absolute atomic E-state index is 0.0116. The average Bonchev–Trinajstić information content (AvgIpc) is 2.38. The van der Waals surface area contributed by atoms with Crippen LogP contribution in [0.3, 0.4) is 0 Å². The maximum absolute atomic E-state index is 11.8. The first-order valence-corrected chi connectivity index (χ1v) is 7.12. The summed E-state index contributed by atoms with van der Waals surface area (Å²) in [6.45, 7) is 6.34. The summed E-state index contributed by atoms with van der Waals surface area (Å²) in [5.41, 5.74) is 0.927. The van der Waals surface area contributed by atoms with Gasteiger partial charge < -0.3 is 15.7 Å². The predicted molar refractivity (Wildman–Crippen MR) is 81.4 cm³/mol. The molecule has 1 aromatic rings. The van der Waals surface area contributed by atoms with E-state index in [0.29, 0.717) is 6.42 Å². The van der Waals surface area contributed by atoms with Crippen molar-refractivity contribution in [3.8, 4) is 0 Å². The number of carbonyl (C=O) groups excluding carboxylic acids is 1. The molecule has 0 aliphatic heterocycles. The van der Waals surface area contributed by atoms with E-state index in [9.17, 15) is 4.79 Å². The van der Waals surface area contributed by atoms with E-state index in [2.05, 4.69) is 10.6 Å². The highest BCUT2D eigenvalue weighted by Gasteiger charge is 2.16. The fourth-order valence-electron chi connectivity index (χ4n) is 2.05. The van der Waals surface area contributed by atoms with Gasteiger partial charge in [0.1, 0.15) is 0 Å². The van der Waals surface area contributed by atoms with Gasteiger partial charge in [-0.3, -0.25) is 4.79 Å². The van der Waals surface area contributed by atoms with E-state index in [4.69, 9.17) is 5.11 Å². The zero-order valence-corrected chi connectivity index (χ0v) is 12.6. The van der Waals surface area contributed by atoms with Crippen molar-refractivity contribution in [3.05, 3.63) is 35.9 Å². The SMILES string of the molecule is CC(C)(C)NC(=O)CNC(CCCO)c1ccccc1. The third-order valence-corrected chi connectivity index (χ3v) is 2.88. The Bertz CT molecular complexity index is 399. The van der Waals surface area contributed by atoms with Gasteiger partial charge in [-0.25, -0.2) is 0 Å². The molecule has 1 rings (SSSR count). The van der Waals surface area contributed by atoms with E-state index < -0.39 is 0 Å². The van der Waals surface area contributed by atoms with Gasteiger partial charge >= 0.3 is 0 Å². The Balaban J connectivity index is 2.55. The molecule has 0 aliphatic rings. The number of aliphatic hydroxyl groups is 1. The number of hydrogen-bond acceptors (Lipinski definition) is 3. The van der Waals surface area contributed by atoms with Crippen molar-refractivity contribution in [2.24, 2.45) is 0 Å². The van der Waals surface area contributed by atoms with Crippen LogP contribution in [-0.2, 0) is 4.79 Å². The van der Waals surface area contributed by atoms with Crippen LogP contribution in [0, 0.1) is 0 Å². The largest absolute Gasteiger partial charge is 0.396 e. The van der Waals surface area contributed by atoms with Gasteiger partial charge in [-0.1, -0.05) is 30.3 Å². The Morgan fingerprint density at radius 2 is 1.90 bits per heavy atom. The minimum atomic E-state index is -0.216. The predicted octanol–water partition coefficient (Wildman–Crippen LogP) is 2.00. The number of aliphatic hydroxyl groups excluding tert-OH is 1. The molecule has 0 radical (unpaired) electrons. The van der Waals surface area contributed by atoms with E-state index in [1.165, 1.54) is 0 Å². The van der Waals surface area contributed by atoms with Crippen LogP contribution in [0.2, 0.25) is 0 Å². The fourth-order valence-corrected chi connectivity index (χ4v) is 2.05. The van der Waals surface area contributed by atoms with Crippen molar-refractivity contribution in [2.75, 3.05) is 13.2 Å². The number of rotatable bonds is 7. The van der Waals surface area contributed by atoms with E-state index >= 15 is 0 Å². The maximum atomic E-state index is 11.8. The molecule has 0 fully saturated rings. The summed E-state index contributed by atoms with van der Waals surface area (Å²) in [4.78, 5) is 11.8. The van der Waals surface area contributed by atoms with Gasteiger partial charge in [-0.15, -0.1) is 0 Å². The van der Waals surface area contributed by atoms with Gasteiger partial charge in [0.15, 0.2) is 0 Å². The van der Waals surface area contributed by atoms with E-state index in [1.807, 2.05) is 51.1 Å². The Morgan fingerprint density at radius 3 is 2.45 bits per heavy atom. The lowest BCUT2D eigenvalue weighted by Crippen LogP contribution is -2.45. The van der Waals surface area contributed by atoms with E-state index in [-0.39, 0.29) is 30.6 Å². The van der Waals surface area contributed by atoms with Crippen LogP contribution in [0.1, 0.15) is 45.2 Å². The van der Waals surface area contributed by atoms with Crippen LogP contribution in [0.4, 0.5) is 0 Å². The molecule has 0 bridgehead atoms. The average molecular weight is 278 g/mol. The highest BCUT2D eigenvalue weighted by Crippen LogP contribution is 2.17. The number of hydrogen-bond donors (Lipinski definition) is 3. The maximum Gasteiger partial charge on any atom is 0.234 e. The lowest BCUT2D eigenvalue weighted by Gasteiger charge is -2.23. The minimum Gasteiger partial charge on any atom is -0.396 e. The third kappa shape index (κ3) is 6.68. The molecule has 0 aliphatic carbocycles. The normalized spacial score (nSPS) is 13.0. The van der Waals surface area contributed by atoms with Gasteiger partial charge in [0.2, 0.25) is 5.91 Å². The summed E-state index contributed by atoms with van der Waals surface area (Å²) in [5, 5.41) is 15.2. The number of amides is 1. The molecular formula is C16H26N2O2. The molecule has 0 aromatic heterocycles. The van der Waals surface area contributed by atoms with Gasteiger partial charge in [-0.05, 0) is 39.2 Å². The molecule has 3 N–H and O–H groups in total. The smallest absolute Gasteiger partial charge is 0.234 e. The highest BCUT2D eigenvalue weighted by molar-refractivity contribution is 5.78. The quantitative estimate of drug-likeness (QED) is 0.715. The van der Waals surface area contributed by atoms with Crippen LogP contribution >= 0.6 is 0 Å². The molecular weight excluding hydrogens is 252 g/mol. The molecule has 1 atom stereocenters. The summed E-state index contributed by atoms with van der Waals surface area (Å²) in [5.74, 6) is -0.0116. The monoisotopic (exact) mass is 278 g/mol. The van der Waals surface area contributed by atoms with Crippen molar-refractivity contribution in [3.63, 3.8) is 0 Å². The number of benzene rings is 1. The van der Waals surface area contributed by atoms with Crippen LogP contribution in [0.25, 0.3) is 0 Å². The Kier molecular flexibility index (Phi) is 6.68.